The maximum absolute atomic E-state index is 12.5. The first-order chi connectivity index (χ1) is 12.1. The van der Waals surface area contributed by atoms with Gasteiger partial charge in [0.25, 0.3) is 0 Å². The van der Waals surface area contributed by atoms with Crippen LogP contribution in [0, 0.1) is 5.92 Å². The number of para-hydroxylation sites is 1. The zero-order chi connectivity index (χ0) is 18.2. The van der Waals surface area contributed by atoms with Crippen molar-refractivity contribution >= 4 is 11.8 Å². The van der Waals surface area contributed by atoms with Gasteiger partial charge < -0.3 is 14.5 Å². The van der Waals surface area contributed by atoms with Gasteiger partial charge in [0.15, 0.2) is 0 Å². The fourth-order valence-corrected chi connectivity index (χ4v) is 3.38. The fraction of sp³-hybridized carbons (Fsp3) is 0.600. The van der Waals surface area contributed by atoms with Gasteiger partial charge in [0.2, 0.25) is 11.8 Å². The number of carbonyl (C=O) groups excluding carboxylic acids is 2. The van der Waals surface area contributed by atoms with E-state index in [4.69, 9.17) is 4.74 Å². The summed E-state index contributed by atoms with van der Waals surface area (Å²) in [5.74, 6) is 1.34. The summed E-state index contributed by atoms with van der Waals surface area (Å²) in [6.07, 6.45) is 2.91. The van der Waals surface area contributed by atoms with Gasteiger partial charge in [-0.15, -0.1) is 0 Å². The Bertz CT molecular complexity index is 576. The molecule has 0 aromatic heterocycles. The molecule has 1 aliphatic rings. The standard InChI is InChI=1S/C20H30N2O3/c1-4-16(5-2)20(24)22-14-12-21(13-15-22)19(23)11-10-17-8-6-7-9-18(17)25-3/h6-9,16H,4-5,10-15H2,1-3H3. The predicted molar refractivity (Wildman–Crippen MR) is 98.5 cm³/mol. The molecule has 5 heteroatoms. The Morgan fingerprint density at radius 2 is 1.64 bits per heavy atom. The summed E-state index contributed by atoms with van der Waals surface area (Å²) in [7, 11) is 1.65. The number of piperazine rings is 1. The quantitative estimate of drug-likeness (QED) is 0.763. The fourth-order valence-electron chi connectivity index (χ4n) is 3.38. The Kier molecular flexibility index (Phi) is 7.29. The molecule has 2 rings (SSSR count). The largest absolute Gasteiger partial charge is 0.496 e. The Hall–Kier alpha value is -2.04. The number of methoxy groups -OCH3 is 1. The first-order valence-electron chi connectivity index (χ1n) is 9.29. The van der Waals surface area contributed by atoms with Crippen molar-refractivity contribution in [2.24, 2.45) is 5.92 Å². The normalized spacial score (nSPS) is 14.7. The van der Waals surface area contributed by atoms with Crippen LogP contribution in [0.25, 0.3) is 0 Å². The van der Waals surface area contributed by atoms with Crippen LogP contribution in [0.3, 0.4) is 0 Å². The molecule has 1 heterocycles. The van der Waals surface area contributed by atoms with Crippen molar-refractivity contribution in [2.45, 2.75) is 39.5 Å². The van der Waals surface area contributed by atoms with Crippen molar-refractivity contribution in [3.63, 3.8) is 0 Å². The second kappa shape index (κ2) is 9.44. The van der Waals surface area contributed by atoms with E-state index in [9.17, 15) is 9.59 Å². The van der Waals surface area contributed by atoms with E-state index in [0.717, 1.165) is 24.2 Å². The minimum Gasteiger partial charge on any atom is -0.496 e. The van der Waals surface area contributed by atoms with Gasteiger partial charge in [-0.2, -0.15) is 0 Å². The van der Waals surface area contributed by atoms with Gasteiger partial charge in [0.1, 0.15) is 5.75 Å². The zero-order valence-corrected chi connectivity index (χ0v) is 15.7. The van der Waals surface area contributed by atoms with Crippen LogP contribution in [-0.4, -0.2) is 54.9 Å². The monoisotopic (exact) mass is 346 g/mol. The molecule has 138 valence electrons. The molecule has 0 atom stereocenters. The summed E-state index contributed by atoms with van der Waals surface area (Å²) in [4.78, 5) is 28.7. The molecule has 0 unspecified atom stereocenters. The van der Waals surface area contributed by atoms with E-state index in [1.807, 2.05) is 34.1 Å². The molecular formula is C20H30N2O3. The van der Waals surface area contributed by atoms with E-state index in [2.05, 4.69) is 13.8 Å². The van der Waals surface area contributed by atoms with Crippen LogP contribution >= 0.6 is 0 Å². The van der Waals surface area contributed by atoms with Crippen molar-refractivity contribution in [3.8, 4) is 5.75 Å². The lowest BCUT2D eigenvalue weighted by Gasteiger charge is -2.36. The third-order valence-electron chi connectivity index (χ3n) is 5.08. The number of carbonyl (C=O) groups is 2. The number of ether oxygens (including phenoxy) is 1. The summed E-state index contributed by atoms with van der Waals surface area (Å²) < 4.78 is 5.34. The molecule has 0 bridgehead atoms. The Morgan fingerprint density at radius 3 is 2.24 bits per heavy atom. The molecule has 0 aliphatic carbocycles. The average Bonchev–Trinajstić information content (AvgIpc) is 2.67. The topological polar surface area (TPSA) is 49.9 Å². The highest BCUT2D eigenvalue weighted by atomic mass is 16.5. The molecule has 1 fully saturated rings. The van der Waals surface area contributed by atoms with Gasteiger partial charge in [-0.1, -0.05) is 32.0 Å². The number of nitrogens with zero attached hydrogens (tertiary/aromatic N) is 2. The molecule has 0 spiro atoms. The van der Waals surface area contributed by atoms with Gasteiger partial charge in [-0.25, -0.2) is 0 Å². The van der Waals surface area contributed by atoms with Crippen LogP contribution in [0.5, 0.6) is 5.75 Å². The summed E-state index contributed by atoms with van der Waals surface area (Å²) in [5.41, 5.74) is 1.06. The zero-order valence-electron chi connectivity index (χ0n) is 15.7. The lowest BCUT2D eigenvalue weighted by molar-refractivity contribution is -0.142. The molecule has 2 amide bonds. The lowest BCUT2D eigenvalue weighted by atomic mass is 10.0. The molecule has 1 saturated heterocycles. The molecular weight excluding hydrogens is 316 g/mol. The number of benzene rings is 1. The van der Waals surface area contributed by atoms with Gasteiger partial charge in [0, 0.05) is 38.5 Å². The highest BCUT2D eigenvalue weighted by Crippen LogP contribution is 2.20. The minimum atomic E-state index is 0.118. The van der Waals surface area contributed by atoms with Crippen LogP contribution in [0.2, 0.25) is 0 Å². The Morgan fingerprint density at radius 1 is 1.04 bits per heavy atom. The number of rotatable bonds is 7. The van der Waals surface area contributed by atoms with Crippen LogP contribution in [-0.2, 0) is 16.0 Å². The lowest BCUT2D eigenvalue weighted by Crippen LogP contribution is -2.51. The smallest absolute Gasteiger partial charge is 0.225 e. The van der Waals surface area contributed by atoms with Gasteiger partial charge in [-0.3, -0.25) is 9.59 Å². The number of hydrogen-bond acceptors (Lipinski definition) is 3. The van der Waals surface area contributed by atoms with Crippen LogP contribution in [0.1, 0.15) is 38.7 Å². The second-order valence-electron chi connectivity index (χ2n) is 6.53. The molecule has 0 N–H and O–H groups in total. The van der Waals surface area contributed by atoms with Crippen molar-refractivity contribution < 1.29 is 14.3 Å². The van der Waals surface area contributed by atoms with Crippen LogP contribution in [0.15, 0.2) is 24.3 Å². The minimum absolute atomic E-state index is 0.118. The first-order valence-corrected chi connectivity index (χ1v) is 9.29. The van der Waals surface area contributed by atoms with Gasteiger partial charge in [0.05, 0.1) is 7.11 Å². The van der Waals surface area contributed by atoms with E-state index < -0.39 is 0 Å². The highest BCUT2D eigenvalue weighted by Gasteiger charge is 2.27. The molecule has 1 aliphatic heterocycles. The predicted octanol–water partition coefficient (Wildman–Crippen LogP) is 2.73. The summed E-state index contributed by atoms with van der Waals surface area (Å²) in [6, 6.07) is 7.81. The molecule has 1 aromatic rings. The number of amides is 2. The summed E-state index contributed by atoms with van der Waals surface area (Å²) in [5, 5.41) is 0. The molecule has 0 saturated carbocycles. The first kappa shape index (κ1) is 19.3. The van der Waals surface area contributed by atoms with Crippen molar-refractivity contribution in [1.82, 2.24) is 9.80 Å². The Balaban J connectivity index is 1.82. The summed E-state index contributed by atoms with van der Waals surface area (Å²) in [6.45, 7) is 6.69. The van der Waals surface area contributed by atoms with E-state index in [1.54, 1.807) is 7.11 Å². The highest BCUT2D eigenvalue weighted by molar-refractivity contribution is 5.80. The Labute approximate surface area is 150 Å². The molecule has 25 heavy (non-hydrogen) atoms. The van der Waals surface area contributed by atoms with Crippen molar-refractivity contribution in [3.05, 3.63) is 29.8 Å². The van der Waals surface area contributed by atoms with Crippen molar-refractivity contribution in [2.75, 3.05) is 33.3 Å². The average molecular weight is 346 g/mol. The second-order valence-corrected chi connectivity index (χ2v) is 6.53. The van der Waals surface area contributed by atoms with E-state index in [-0.39, 0.29) is 17.7 Å². The van der Waals surface area contributed by atoms with Crippen LogP contribution < -0.4 is 4.74 Å². The third kappa shape index (κ3) is 4.97. The van der Waals surface area contributed by atoms with E-state index >= 15 is 0 Å². The van der Waals surface area contributed by atoms with E-state index in [0.29, 0.717) is 39.0 Å². The molecule has 0 radical (unpaired) electrons. The van der Waals surface area contributed by atoms with Gasteiger partial charge in [-0.05, 0) is 30.9 Å². The molecule has 5 nitrogen and oxygen atoms in total. The van der Waals surface area contributed by atoms with Crippen molar-refractivity contribution in [1.29, 1.82) is 0 Å². The molecule has 1 aromatic carbocycles. The number of hydrogen-bond donors (Lipinski definition) is 0. The number of aryl methyl sites for hydroxylation is 1. The maximum atomic E-state index is 12.5. The third-order valence-corrected chi connectivity index (χ3v) is 5.08. The van der Waals surface area contributed by atoms with Crippen LogP contribution in [0.4, 0.5) is 0 Å². The van der Waals surface area contributed by atoms with Gasteiger partial charge >= 0.3 is 0 Å². The maximum Gasteiger partial charge on any atom is 0.225 e. The summed E-state index contributed by atoms with van der Waals surface area (Å²) >= 11 is 0. The van der Waals surface area contributed by atoms with E-state index in [1.165, 1.54) is 0 Å². The SMILES string of the molecule is CCC(CC)C(=O)N1CCN(C(=O)CCc2ccccc2OC)CC1.